The van der Waals surface area contributed by atoms with Crippen molar-refractivity contribution in [1.29, 1.82) is 0 Å². The molecule has 0 aromatic heterocycles. The van der Waals surface area contributed by atoms with Gasteiger partial charge in [-0.05, 0) is 52.3 Å². The molecule has 0 saturated carbocycles. The van der Waals surface area contributed by atoms with Crippen LogP contribution in [0, 0.1) is 12.7 Å². The SMILES string of the molecule is Cc1cccc(CN(C(=O)CSCc2c(F)cccc2Cl)[C@@H](C)C(=O)NC(C)(C)C)c1. The maximum atomic E-state index is 14.0. The van der Waals surface area contributed by atoms with Crippen LogP contribution in [0.4, 0.5) is 4.39 Å². The monoisotopic (exact) mass is 464 g/mol. The van der Waals surface area contributed by atoms with E-state index in [2.05, 4.69) is 5.32 Å². The van der Waals surface area contributed by atoms with Crippen molar-refractivity contribution >= 4 is 35.2 Å². The fraction of sp³-hybridized carbons (Fsp3) is 0.417. The first-order valence-corrected chi connectivity index (χ1v) is 11.7. The standard InChI is InChI=1S/C24H30ClFN2O2S/c1-16-8-6-9-18(12-16)13-28(17(2)23(30)27-24(3,4)5)22(29)15-31-14-19-20(25)10-7-11-21(19)26/h6-12,17H,13-15H2,1-5H3,(H,27,30)/t17-/m0/s1. The Morgan fingerprint density at radius 2 is 1.87 bits per heavy atom. The Labute approximate surface area is 193 Å². The molecular weight excluding hydrogens is 435 g/mol. The number of nitrogens with zero attached hydrogens (tertiary/aromatic N) is 1. The van der Waals surface area contributed by atoms with Gasteiger partial charge in [0.25, 0.3) is 0 Å². The highest BCUT2D eigenvalue weighted by Gasteiger charge is 2.28. The van der Waals surface area contributed by atoms with Gasteiger partial charge in [0.2, 0.25) is 11.8 Å². The number of benzene rings is 2. The smallest absolute Gasteiger partial charge is 0.242 e. The highest BCUT2D eigenvalue weighted by molar-refractivity contribution is 7.99. The summed E-state index contributed by atoms with van der Waals surface area (Å²) in [5.74, 6) is -0.394. The van der Waals surface area contributed by atoms with E-state index in [1.165, 1.54) is 17.8 Å². The molecule has 0 saturated heterocycles. The largest absolute Gasteiger partial charge is 0.350 e. The average molecular weight is 465 g/mol. The summed E-state index contributed by atoms with van der Waals surface area (Å²) in [6, 6.07) is 11.7. The van der Waals surface area contributed by atoms with Crippen LogP contribution in [0.25, 0.3) is 0 Å². The van der Waals surface area contributed by atoms with E-state index in [9.17, 15) is 14.0 Å². The van der Waals surface area contributed by atoms with Gasteiger partial charge in [0.05, 0.1) is 5.75 Å². The lowest BCUT2D eigenvalue weighted by molar-refractivity contribution is -0.139. The van der Waals surface area contributed by atoms with E-state index < -0.39 is 11.6 Å². The number of halogens is 2. The number of hydrogen-bond donors (Lipinski definition) is 1. The van der Waals surface area contributed by atoms with E-state index in [1.807, 2.05) is 52.0 Å². The van der Waals surface area contributed by atoms with Crippen molar-refractivity contribution < 1.29 is 14.0 Å². The third-order valence-electron chi connectivity index (χ3n) is 4.63. The van der Waals surface area contributed by atoms with E-state index in [-0.39, 0.29) is 29.1 Å². The lowest BCUT2D eigenvalue weighted by Crippen LogP contribution is -2.52. The van der Waals surface area contributed by atoms with Gasteiger partial charge in [-0.3, -0.25) is 9.59 Å². The summed E-state index contributed by atoms with van der Waals surface area (Å²) in [5.41, 5.74) is 2.01. The van der Waals surface area contributed by atoms with Crippen molar-refractivity contribution in [3.63, 3.8) is 0 Å². The summed E-state index contributed by atoms with van der Waals surface area (Å²) in [5, 5.41) is 3.28. The maximum absolute atomic E-state index is 14.0. The zero-order chi connectivity index (χ0) is 23.2. The molecule has 31 heavy (non-hydrogen) atoms. The van der Waals surface area contributed by atoms with Gasteiger partial charge in [-0.25, -0.2) is 4.39 Å². The zero-order valence-corrected chi connectivity index (χ0v) is 20.2. The molecular formula is C24H30ClFN2O2S. The van der Waals surface area contributed by atoms with Crippen LogP contribution in [-0.4, -0.2) is 34.0 Å². The molecule has 0 aliphatic carbocycles. The molecule has 0 radical (unpaired) electrons. The van der Waals surface area contributed by atoms with E-state index in [0.29, 0.717) is 17.1 Å². The number of amides is 2. The van der Waals surface area contributed by atoms with Gasteiger partial charge in [-0.1, -0.05) is 47.5 Å². The number of carbonyl (C=O) groups excluding carboxylic acids is 2. The number of hydrogen-bond acceptors (Lipinski definition) is 3. The molecule has 1 N–H and O–H groups in total. The van der Waals surface area contributed by atoms with Crippen LogP contribution in [0.2, 0.25) is 5.02 Å². The Bertz CT molecular complexity index is 910. The minimum atomic E-state index is -0.648. The minimum absolute atomic E-state index is 0.115. The molecule has 4 nitrogen and oxygen atoms in total. The Morgan fingerprint density at radius 3 is 2.48 bits per heavy atom. The third kappa shape index (κ3) is 7.86. The van der Waals surface area contributed by atoms with Gasteiger partial charge in [-0.15, -0.1) is 11.8 Å². The van der Waals surface area contributed by atoms with Crippen LogP contribution in [0.5, 0.6) is 0 Å². The molecule has 0 unspecified atom stereocenters. The second kappa shape index (κ2) is 11.0. The summed E-state index contributed by atoms with van der Waals surface area (Å²) in [7, 11) is 0. The van der Waals surface area contributed by atoms with E-state index in [1.54, 1.807) is 24.0 Å². The van der Waals surface area contributed by atoms with Crippen molar-refractivity contribution in [1.82, 2.24) is 10.2 Å². The van der Waals surface area contributed by atoms with Crippen molar-refractivity contribution in [3.8, 4) is 0 Å². The van der Waals surface area contributed by atoms with Crippen LogP contribution in [-0.2, 0) is 21.9 Å². The van der Waals surface area contributed by atoms with Gasteiger partial charge in [0.15, 0.2) is 0 Å². The molecule has 2 amide bonds. The molecule has 168 valence electrons. The highest BCUT2D eigenvalue weighted by atomic mass is 35.5. The van der Waals surface area contributed by atoms with Crippen LogP contribution >= 0.6 is 23.4 Å². The number of rotatable bonds is 8. The summed E-state index contributed by atoms with van der Waals surface area (Å²) >= 11 is 7.36. The van der Waals surface area contributed by atoms with E-state index in [0.717, 1.165) is 11.1 Å². The molecule has 2 aromatic carbocycles. The highest BCUT2D eigenvalue weighted by Crippen LogP contribution is 2.24. The van der Waals surface area contributed by atoms with Crippen molar-refractivity contribution in [3.05, 3.63) is 70.0 Å². The van der Waals surface area contributed by atoms with Crippen molar-refractivity contribution in [2.75, 3.05) is 5.75 Å². The van der Waals surface area contributed by atoms with Gasteiger partial charge >= 0.3 is 0 Å². The first kappa shape index (κ1) is 25.2. The van der Waals surface area contributed by atoms with Crippen molar-refractivity contribution in [2.24, 2.45) is 0 Å². The Balaban J connectivity index is 2.14. The number of carbonyl (C=O) groups is 2. The van der Waals surface area contributed by atoms with Crippen LogP contribution in [0.1, 0.15) is 44.4 Å². The third-order valence-corrected chi connectivity index (χ3v) is 5.93. The fourth-order valence-electron chi connectivity index (χ4n) is 3.06. The summed E-state index contributed by atoms with van der Waals surface area (Å²) in [6.45, 7) is 9.74. The predicted molar refractivity (Wildman–Crippen MR) is 127 cm³/mol. The average Bonchev–Trinajstić information content (AvgIpc) is 2.66. The van der Waals surface area contributed by atoms with E-state index >= 15 is 0 Å². The zero-order valence-electron chi connectivity index (χ0n) is 18.7. The van der Waals surface area contributed by atoms with Crippen molar-refractivity contribution in [2.45, 2.75) is 58.5 Å². The Kier molecular flexibility index (Phi) is 8.95. The maximum Gasteiger partial charge on any atom is 0.242 e. The van der Waals surface area contributed by atoms with Crippen LogP contribution in [0.15, 0.2) is 42.5 Å². The lowest BCUT2D eigenvalue weighted by atomic mass is 10.1. The molecule has 0 aliphatic heterocycles. The Hall–Kier alpha value is -2.05. The fourth-order valence-corrected chi connectivity index (χ4v) is 4.31. The van der Waals surface area contributed by atoms with E-state index in [4.69, 9.17) is 11.6 Å². The van der Waals surface area contributed by atoms with Gasteiger partial charge in [0.1, 0.15) is 11.9 Å². The molecule has 0 heterocycles. The molecule has 0 spiro atoms. The second-order valence-electron chi connectivity index (χ2n) is 8.62. The molecule has 1 atom stereocenters. The van der Waals surface area contributed by atoms with Gasteiger partial charge in [0, 0.05) is 28.4 Å². The molecule has 0 fully saturated rings. The van der Waals surface area contributed by atoms with Crippen LogP contribution in [0.3, 0.4) is 0 Å². The summed E-state index contributed by atoms with van der Waals surface area (Å²) in [6.07, 6.45) is 0. The van der Waals surface area contributed by atoms with Gasteiger partial charge < -0.3 is 10.2 Å². The normalized spacial score (nSPS) is 12.4. The minimum Gasteiger partial charge on any atom is -0.350 e. The van der Waals surface area contributed by atoms with Gasteiger partial charge in [-0.2, -0.15) is 0 Å². The number of thioether (sulfide) groups is 1. The summed E-state index contributed by atoms with van der Waals surface area (Å²) in [4.78, 5) is 27.4. The second-order valence-corrected chi connectivity index (χ2v) is 10.0. The lowest BCUT2D eigenvalue weighted by Gasteiger charge is -2.31. The molecule has 0 aliphatic rings. The number of aryl methyl sites for hydroxylation is 1. The predicted octanol–water partition coefficient (Wildman–Crippen LogP) is 5.35. The first-order chi connectivity index (χ1) is 14.5. The first-order valence-electron chi connectivity index (χ1n) is 10.2. The summed E-state index contributed by atoms with van der Waals surface area (Å²) < 4.78 is 14.0. The molecule has 2 aromatic rings. The topological polar surface area (TPSA) is 49.4 Å². The Morgan fingerprint density at radius 1 is 1.19 bits per heavy atom. The quantitative estimate of drug-likeness (QED) is 0.572. The molecule has 2 rings (SSSR count). The van der Waals surface area contributed by atoms with Crippen LogP contribution < -0.4 is 5.32 Å². The number of nitrogens with one attached hydrogen (secondary N) is 1. The molecule has 7 heteroatoms. The molecule has 0 bridgehead atoms.